The average molecular weight is 1120 g/mol. The number of nitrogens with zero attached hydrogens (tertiary/aromatic N) is 2. The van der Waals surface area contributed by atoms with Gasteiger partial charge in [-0.3, -0.25) is 0 Å². The summed E-state index contributed by atoms with van der Waals surface area (Å²) in [4.78, 5) is 2.47. The fourth-order valence-electron chi connectivity index (χ4n) is 15.2. The highest BCUT2D eigenvalue weighted by molar-refractivity contribution is 6.12. The summed E-state index contributed by atoms with van der Waals surface area (Å²) in [5.41, 5.74) is 28.1. The molecule has 2 heteroatoms. The van der Waals surface area contributed by atoms with Crippen LogP contribution in [0.2, 0.25) is 0 Å². The van der Waals surface area contributed by atoms with Crippen LogP contribution in [0.15, 0.2) is 352 Å². The fourth-order valence-corrected chi connectivity index (χ4v) is 15.2. The van der Waals surface area contributed by atoms with Crippen LogP contribution in [-0.4, -0.2) is 4.57 Å². The van der Waals surface area contributed by atoms with Gasteiger partial charge in [-0.2, -0.15) is 0 Å². The van der Waals surface area contributed by atoms with Crippen LogP contribution < -0.4 is 4.90 Å². The molecule has 88 heavy (non-hydrogen) atoms. The van der Waals surface area contributed by atoms with Gasteiger partial charge in [0.25, 0.3) is 0 Å². The lowest BCUT2D eigenvalue weighted by molar-refractivity contribution is 0.768. The van der Waals surface area contributed by atoms with Crippen molar-refractivity contribution in [3.63, 3.8) is 0 Å². The normalized spacial score (nSPS) is 13.2. The van der Waals surface area contributed by atoms with Gasteiger partial charge >= 0.3 is 0 Å². The zero-order chi connectivity index (χ0) is 58.2. The molecule has 0 atom stereocenters. The van der Waals surface area contributed by atoms with Crippen molar-refractivity contribution in [1.82, 2.24) is 4.57 Å². The molecule has 0 saturated carbocycles. The lowest BCUT2D eigenvalue weighted by Crippen LogP contribution is -2.28. The van der Waals surface area contributed by atoms with Gasteiger partial charge in [0.1, 0.15) is 0 Å². The SMILES string of the molecule is c1ccc(-c2ccc(N(c3ccc(-c4ccc5c(c4)c4cc(-c6ccc(C7(c8ccccc8)c8ccccc8-c8ccccc87)cc6)ccc4n5-c4ccccc4)cc3)c3cccc4c3-c3ccccc3C4(c3ccccc3)c3ccccc3)cc2)cc1. The molecule has 0 unspecified atom stereocenters. The maximum atomic E-state index is 2.47. The van der Waals surface area contributed by atoms with Crippen LogP contribution >= 0.6 is 0 Å². The van der Waals surface area contributed by atoms with E-state index in [0.29, 0.717) is 0 Å². The number of anilines is 3. The minimum Gasteiger partial charge on any atom is -0.310 e. The summed E-state index contributed by atoms with van der Waals surface area (Å²) in [5, 5.41) is 2.42. The Labute approximate surface area is 513 Å². The van der Waals surface area contributed by atoms with Gasteiger partial charge in [-0.25, -0.2) is 0 Å². The van der Waals surface area contributed by atoms with E-state index in [1.54, 1.807) is 0 Å². The third kappa shape index (κ3) is 7.82. The Balaban J connectivity index is 0.792. The van der Waals surface area contributed by atoms with Crippen molar-refractivity contribution < 1.29 is 0 Å². The number of hydrogen-bond acceptors (Lipinski definition) is 1. The molecule has 0 fully saturated rings. The van der Waals surface area contributed by atoms with Gasteiger partial charge < -0.3 is 9.47 Å². The Bertz CT molecular complexity index is 5000. The van der Waals surface area contributed by atoms with E-state index in [1.165, 1.54) is 111 Å². The maximum Gasteiger partial charge on any atom is 0.0714 e. The number of benzene rings is 14. The van der Waals surface area contributed by atoms with Crippen LogP contribution in [0.4, 0.5) is 17.1 Å². The Hall–Kier alpha value is -11.3. The second kappa shape index (κ2) is 20.7. The first-order valence-corrected chi connectivity index (χ1v) is 30.6. The average Bonchev–Trinajstić information content (AvgIpc) is 1.57. The Morgan fingerprint density at radius 2 is 0.580 bits per heavy atom. The third-order valence-electron chi connectivity index (χ3n) is 19.0. The van der Waals surface area contributed by atoms with E-state index in [-0.39, 0.29) is 0 Å². The number of para-hydroxylation sites is 1. The van der Waals surface area contributed by atoms with Crippen LogP contribution in [0.3, 0.4) is 0 Å². The van der Waals surface area contributed by atoms with Crippen LogP contribution in [0.25, 0.3) is 83.1 Å². The molecule has 0 amide bonds. The highest BCUT2D eigenvalue weighted by Gasteiger charge is 2.48. The molecule has 2 aliphatic rings. The van der Waals surface area contributed by atoms with Crippen LogP contribution in [0.1, 0.15) is 44.5 Å². The molecular formula is C86H58N2. The number of aromatic nitrogens is 1. The molecule has 0 radical (unpaired) electrons. The molecule has 0 spiro atoms. The predicted molar refractivity (Wildman–Crippen MR) is 366 cm³/mol. The van der Waals surface area contributed by atoms with E-state index < -0.39 is 10.8 Å². The Morgan fingerprint density at radius 3 is 1.07 bits per heavy atom. The fraction of sp³-hybridized carbons (Fsp3) is 0.0233. The maximum absolute atomic E-state index is 2.47. The highest BCUT2D eigenvalue weighted by Crippen LogP contribution is 2.60. The zero-order valence-corrected chi connectivity index (χ0v) is 48.4. The largest absolute Gasteiger partial charge is 0.310 e. The van der Waals surface area contributed by atoms with Crippen molar-refractivity contribution in [1.29, 1.82) is 0 Å². The van der Waals surface area contributed by atoms with E-state index in [0.717, 1.165) is 33.9 Å². The summed E-state index contributed by atoms with van der Waals surface area (Å²) in [6.45, 7) is 0. The van der Waals surface area contributed by atoms with Crippen molar-refractivity contribution in [2.45, 2.75) is 10.8 Å². The lowest BCUT2D eigenvalue weighted by Gasteiger charge is -2.34. The Kier molecular flexibility index (Phi) is 12.0. The van der Waals surface area contributed by atoms with E-state index in [4.69, 9.17) is 0 Å². The first kappa shape index (κ1) is 51.1. The molecule has 2 nitrogen and oxygen atoms in total. The molecule has 1 aromatic heterocycles. The molecule has 2 aliphatic carbocycles. The molecule has 14 aromatic carbocycles. The van der Waals surface area contributed by atoms with Crippen molar-refractivity contribution in [3.8, 4) is 61.3 Å². The van der Waals surface area contributed by atoms with E-state index >= 15 is 0 Å². The monoisotopic (exact) mass is 1120 g/mol. The molecule has 0 bridgehead atoms. The van der Waals surface area contributed by atoms with Crippen LogP contribution in [-0.2, 0) is 10.8 Å². The molecule has 412 valence electrons. The van der Waals surface area contributed by atoms with E-state index in [9.17, 15) is 0 Å². The lowest BCUT2D eigenvalue weighted by atomic mass is 9.67. The molecule has 0 aliphatic heterocycles. The van der Waals surface area contributed by atoms with Gasteiger partial charge in [-0.1, -0.05) is 285 Å². The summed E-state index contributed by atoms with van der Waals surface area (Å²) in [6, 6.07) is 130. The summed E-state index contributed by atoms with van der Waals surface area (Å²) >= 11 is 0. The molecule has 0 saturated heterocycles. The zero-order valence-electron chi connectivity index (χ0n) is 48.4. The second-order valence-corrected chi connectivity index (χ2v) is 23.4. The predicted octanol–water partition coefficient (Wildman–Crippen LogP) is 22.0. The Morgan fingerprint density at radius 1 is 0.239 bits per heavy atom. The summed E-state index contributed by atoms with van der Waals surface area (Å²) in [7, 11) is 0. The summed E-state index contributed by atoms with van der Waals surface area (Å²) < 4.78 is 2.42. The number of hydrogen-bond donors (Lipinski definition) is 0. The van der Waals surface area contributed by atoms with Gasteiger partial charge in [-0.05, 0) is 161 Å². The van der Waals surface area contributed by atoms with Crippen molar-refractivity contribution in [2.75, 3.05) is 4.90 Å². The first-order chi connectivity index (χ1) is 43.7. The molecule has 17 rings (SSSR count). The molecule has 0 N–H and O–H groups in total. The van der Waals surface area contributed by atoms with Crippen molar-refractivity contribution in [3.05, 3.63) is 396 Å². The standard InChI is InChI=1S/C86H58N2/c1-6-23-59(24-7-1)60-43-51-70(52-44-60)87(83-40-22-39-80-84(83)74-35-18-21-38-79(74)86(80,66-27-10-3-11-28-66)67-29-12-4-13-30-67)71-53-45-62(46-54-71)64-48-56-82-76(58-64)75-57-63(47-55-81(75)88(82)69-31-14-5-15-32-69)61-41-49-68(50-42-61)85(65-25-8-2-9-26-65)77-36-19-16-33-72(77)73-34-17-20-37-78(73)85/h1-58H. The van der Waals surface area contributed by atoms with Gasteiger partial charge in [0.05, 0.1) is 27.6 Å². The number of fused-ring (bicyclic) bond motifs is 9. The van der Waals surface area contributed by atoms with E-state index in [1.807, 2.05) is 0 Å². The third-order valence-corrected chi connectivity index (χ3v) is 19.0. The highest BCUT2D eigenvalue weighted by atomic mass is 15.1. The van der Waals surface area contributed by atoms with Gasteiger partial charge in [0.2, 0.25) is 0 Å². The smallest absolute Gasteiger partial charge is 0.0714 e. The van der Waals surface area contributed by atoms with Crippen molar-refractivity contribution >= 4 is 38.9 Å². The first-order valence-electron chi connectivity index (χ1n) is 30.6. The molecule has 15 aromatic rings. The molecule has 1 heterocycles. The topological polar surface area (TPSA) is 8.17 Å². The minimum atomic E-state index is -0.535. The van der Waals surface area contributed by atoms with Gasteiger partial charge in [-0.15, -0.1) is 0 Å². The van der Waals surface area contributed by atoms with Crippen LogP contribution in [0, 0.1) is 0 Å². The summed E-state index contributed by atoms with van der Waals surface area (Å²) in [5.74, 6) is 0. The van der Waals surface area contributed by atoms with Crippen LogP contribution in [0.5, 0.6) is 0 Å². The summed E-state index contributed by atoms with van der Waals surface area (Å²) in [6.07, 6.45) is 0. The van der Waals surface area contributed by atoms with Gasteiger partial charge in [0.15, 0.2) is 0 Å². The minimum absolute atomic E-state index is 0.451. The van der Waals surface area contributed by atoms with Gasteiger partial charge in [0, 0.05) is 33.4 Å². The van der Waals surface area contributed by atoms with Crippen molar-refractivity contribution in [2.24, 2.45) is 0 Å². The quantitative estimate of drug-likeness (QED) is 0.125. The molecular weight excluding hydrogens is 1060 g/mol. The second-order valence-electron chi connectivity index (χ2n) is 23.4. The van der Waals surface area contributed by atoms with E-state index in [2.05, 4.69) is 361 Å². The number of rotatable bonds is 11.